The van der Waals surface area contributed by atoms with Crippen LogP contribution in [0.1, 0.15) is 61.8 Å². The zero-order valence-electron chi connectivity index (χ0n) is 20.6. The quantitative estimate of drug-likeness (QED) is 0.234. The van der Waals surface area contributed by atoms with Crippen LogP contribution in [0.15, 0.2) is 53.7 Å². The van der Waals surface area contributed by atoms with Crippen molar-refractivity contribution in [1.82, 2.24) is 0 Å². The molecule has 2 atom stereocenters. The van der Waals surface area contributed by atoms with Crippen LogP contribution in [0.25, 0.3) is 0 Å². The van der Waals surface area contributed by atoms with Crippen LogP contribution < -0.4 is 9.47 Å². The maximum Gasteiger partial charge on any atom is 0.125 e. The predicted octanol–water partition coefficient (Wildman–Crippen LogP) is 6.54. The van der Waals surface area contributed by atoms with Crippen molar-refractivity contribution < 1.29 is 19.0 Å². The van der Waals surface area contributed by atoms with E-state index in [0.717, 1.165) is 65.1 Å². The molecule has 178 valence electrons. The van der Waals surface area contributed by atoms with E-state index in [9.17, 15) is 0 Å². The van der Waals surface area contributed by atoms with Crippen LogP contribution in [0.2, 0.25) is 0 Å². The van der Waals surface area contributed by atoms with E-state index in [0.29, 0.717) is 13.2 Å². The van der Waals surface area contributed by atoms with Crippen LogP contribution in [0.3, 0.4) is 0 Å². The molecule has 2 aromatic rings. The molecule has 0 aliphatic heterocycles. The molecule has 1 fully saturated rings. The van der Waals surface area contributed by atoms with Crippen molar-refractivity contribution in [3.05, 3.63) is 70.8 Å². The van der Waals surface area contributed by atoms with Crippen LogP contribution in [0.5, 0.6) is 11.5 Å². The number of aryl methyl sites for hydroxylation is 2. The van der Waals surface area contributed by atoms with Gasteiger partial charge in [0.1, 0.15) is 31.3 Å². The van der Waals surface area contributed by atoms with Crippen LogP contribution in [-0.4, -0.2) is 31.6 Å². The summed E-state index contributed by atoms with van der Waals surface area (Å²) in [6.45, 7) is 9.29. The fourth-order valence-electron chi connectivity index (χ4n) is 4.19. The first-order valence-corrected chi connectivity index (χ1v) is 11.8. The van der Waals surface area contributed by atoms with Crippen LogP contribution in [0.4, 0.5) is 0 Å². The second-order valence-corrected chi connectivity index (χ2v) is 8.66. The van der Waals surface area contributed by atoms with Crippen molar-refractivity contribution in [2.45, 2.75) is 72.2 Å². The lowest BCUT2D eigenvalue weighted by Crippen LogP contribution is -2.30. The first-order valence-electron chi connectivity index (χ1n) is 11.8. The van der Waals surface area contributed by atoms with Crippen molar-refractivity contribution in [2.24, 2.45) is 5.16 Å². The minimum atomic E-state index is 0.172. The monoisotopic (exact) mass is 451 g/mol. The number of oxime groups is 1. The van der Waals surface area contributed by atoms with E-state index in [2.05, 4.69) is 55.4 Å². The number of nitrogens with zero attached hydrogens (tertiary/aromatic N) is 1. The molecule has 0 amide bonds. The van der Waals surface area contributed by atoms with Crippen molar-refractivity contribution in [3.63, 3.8) is 0 Å². The van der Waals surface area contributed by atoms with Gasteiger partial charge in [-0.2, -0.15) is 0 Å². The number of benzene rings is 2. The highest BCUT2D eigenvalue weighted by Crippen LogP contribution is 2.33. The molecule has 0 heterocycles. The Morgan fingerprint density at radius 3 is 2.42 bits per heavy atom. The Balaban J connectivity index is 1.54. The number of rotatable bonds is 10. The van der Waals surface area contributed by atoms with Crippen molar-refractivity contribution >= 4 is 5.71 Å². The average molecular weight is 452 g/mol. The van der Waals surface area contributed by atoms with Gasteiger partial charge in [0.2, 0.25) is 0 Å². The fourth-order valence-corrected chi connectivity index (χ4v) is 4.19. The third-order valence-electron chi connectivity index (χ3n) is 5.96. The van der Waals surface area contributed by atoms with Crippen molar-refractivity contribution in [2.75, 3.05) is 13.7 Å². The van der Waals surface area contributed by atoms with Gasteiger partial charge >= 0.3 is 0 Å². The molecule has 2 aromatic carbocycles. The SMILES string of the molecule is C/C=C/COc1cc(C)c(OC2CCCC(OCc3ccc(/C(C)=N\OC)cc3)C2)c(C)c1. The molecular formula is C28H37NO4. The Kier molecular flexibility index (Phi) is 9.37. The summed E-state index contributed by atoms with van der Waals surface area (Å²) in [7, 11) is 1.56. The Hall–Kier alpha value is -2.79. The van der Waals surface area contributed by atoms with Gasteiger partial charge in [0.15, 0.2) is 0 Å². The van der Waals surface area contributed by atoms with Gasteiger partial charge in [-0.25, -0.2) is 0 Å². The third kappa shape index (κ3) is 7.36. The van der Waals surface area contributed by atoms with Gasteiger partial charge in [-0.3, -0.25) is 0 Å². The first-order chi connectivity index (χ1) is 16.0. The Bertz CT molecular complexity index is 926. The molecule has 0 aromatic heterocycles. The fraction of sp³-hybridized carbons (Fsp3) is 0.464. The molecule has 0 N–H and O–H groups in total. The summed E-state index contributed by atoms with van der Waals surface area (Å²) in [4.78, 5) is 4.85. The molecule has 1 saturated carbocycles. The lowest BCUT2D eigenvalue weighted by atomic mass is 9.94. The van der Waals surface area contributed by atoms with Gasteiger partial charge in [0.25, 0.3) is 0 Å². The van der Waals surface area contributed by atoms with E-state index in [1.807, 2.05) is 26.0 Å². The smallest absolute Gasteiger partial charge is 0.125 e. The van der Waals surface area contributed by atoms with E-state index in [1.165, 1.54) is 0 Å². The van der Waals surface area contributed by atoms with Gasteiger partial charge in [0, 0.05) is 6.42 Å². The van der Waals surface area contributed by atoms with E-state index in [-0.39, 0.29) is 12.2 Å². The predicted molar refractivity (Wildman–Crippen MR) is 133 cm³/mol. The van der Waals surface area contributed by atoms with Gasteiger partial charge in [-0.1, -0.05) is 41.6 Å². The maximum atomic E-state index is 6.47. The number of hydrogen-bond donors (Lipinski definition) is 0. The van der Waals surface area contributed by atoms with E-state index in [1.54, 1.807) is 7.11 Å². The molecular weight excluding hydrogens is 414 g/mol. The highest BCUT2D eigenvalue weighted by molar-refractivity contribution is 5.98. The second-order valence-electron chi connectivity index (χ2n) is 8.66. The molecule has 0 spiro atoms. The van der Waals surface area contributed by atoms with Crippen LogP contribution in [-0.2, 0) is 16.2 Å². The molecule has 2 unspecified atom stereocenters. The molecule has 5 nitrogen and oxygen atoms in total. The summed E-state index contributed by atoms with van der Waals surface area (Å²) in [5.74, 6) is 1.86. The molecule has 0 saturated heterocycles. The third-order valence-corrected chi connectivity index (χ3v) is 5.96. The van der Waals surface area contributed by atoms with E-state index >= 15 is 0 Å². The van der Waals surface area contributed by atoms with Crippen molar-refractivity contribution in [3.8, 4) is 11.5 Å². The highest BCUT2D eigenvalue weighted by atomic mass is 16.6. The molecule has 3 rings (SSSR count). The highest BCUT2D eigenvalue weighted by Gasteiger charge is 2.25. The van der Waals surface area contributed by atoms with E-state index in [4.69, 9.17) is 19.0 Å². The summed E-state index contributed by atoms with van der Waals surface area (Å²) in [6, 6.07) is 12.4. The number of ether oxygens (including phenoxy) is 3. The lowest BCUT2D eigenvalue weighted by molar-refractivity contribution is -0.0165. The zero-order chi connectivity index (χ0) is 23.6. The molecule has 0 radical (unpaired) electrons. The van der Waals surface area contributed by atoms with Crippen LogP contribution >= 0.6 is 0 Å². The maximum absolute atomic E-state index is 6.47. The van der Waals surface area contributed by atoms with Crippen molar-refractivity contribution in [1.29, 1.82) is 0 Å². The molecule has 33 heavy (non-hydrogen) atoms. The topological polar surface area (TPSA) is 49.3 Å². The Labute approximate surface area is 198 Å². The molecule has 1 aliphatic carbocycles. The number of hydrogen-bond acceptors (Lipinski definition) is 5. The standard InChI is InChI=1S/C28H37NO4/c1-6-7-15-31-27-16-20(2)28(21(3)17-27)33-26-10-8-9-25(18-26)32-19-23-11-13-24(14-12-23)22(4)29-30-5/h6-7,11-14,16-17,25-26H,8-10,15,18-19H2,1-5H3/b7-6+,29-22-. The minimum Gasteiger partial charge on any atom is -0.490 e. The summed E-state index contributed by atoms with van der Waals surface area (Å²) < 4.78 is 18.5. The summed E-state index contributed by atoms with van der Waals surface area (Å²) in [5.41, 5.74) is 5.30. The summed E-state index contributed by atoms with van der Waals surface area (Å²) >= 11 is 0. The summed E-state index contributed by atoms with van der Waals surface area (Å²) in [6.07, 6.45) is 8.54. The average Bonchev–Trinajstić information content (AvgIpc) is 2.81. The lowest BCUT2D eigenvalue weighted by Gasteiger charge is -2.30. The summed E-state index contributed by atoms with van der Waals surface area (Å²) in [5, 5.41) is 3.98. The zero-order valence-corrected chi connectivity index (χ0v) is 20.6. The molecule has 5 heteroatoms. The van der Waals surface area contributed by atoms with Gasteiger partial charge in [-0.05, 0) is 81.3 Å². The van der Waals surface area contributed by atoms with Gasteiger partial charge < -0.3 is 19.0 Å². The Morgan fingerprint density at radius 2 is 1.76 bits per heavy atom. The molecule has 1 aliphatic rings. The second kappa shape index (κ2) is 12.4. The Morgan fingerprint density at radius 1 is 1.06 bits per heavy atom. The normalized spacial score (nSPS) is 19.0. The number of allylic oxidation sites excluding steroid dienone is 1. The minimum absolute atomic E-state index is 0.172. The van der Waals surface area contributed by atoms with E-state index < -0.39 is 0 Å². The first kappa shape index (κ1) is 24.8. The van der Waals surface area contributed by atoms with Crippen LogP contribution in [0, 0.1) is 13.8 Å². The van der Waals surface area contributed by atoms with Gasteiger partial charge in [0.05, 0.1) is 18.4 Å². The molecule has 0 bridgehead atoms. The largest absolute Gasteiger partial charge is 0.490 e. The van der Waals surface area contributed by atoms with Gasteiger partial charge in [-0.15, -0.1) is 0 Å².